The van der Waals surface area contributed by atoms with Crippen LogP contribution in [0.15, 0.2) is 57.6 Å². The number of ether oxygens (including phenoxy) is 1. The minimum atomic E-state index is -0.0912. The summed E-state index contributed by atoms with van der Waals surface area (Å²) >= 11 is 1.65. The fourth-order valence-electron chi connectivity index (χ4n) is 4.16. The number of benzene rings is 1. The van der Waals surface area contributed by atoms with Gasteiger partial charge < -0.3 is 9.15 Å². The maximum atomic E-state index is 13.2. The van der Waals surface area contributed by atoms with Crippen molar-refractivity contribution in [2.45, 2.75) is 32.9 Å². The molecule has 6 nitrogen and oxygen atoms in total. The van der Waals surface area contributed by atoms with Gasteiger partial charge in [0, 0.05) is 17.8 Å². The Balaban J connectivity index is 1.49. The number of nitrogens with zero attached hydrogens (tertiary/aromatic N) is 3. The highest BCUT2D eigenvalue weighted by molar-refractivity contribution is 7.10. The Morgan fingerprint density at radius 1 is 1.29 bits per heavy atom. The van der Waals surface area contributed by atoms with E-state index in [9.17, 15) is 4.79 Å². The van der Waals surface area contributed by atoms with Crippen molar-refractivity contribution in [2.75, 3.05) is 20.7 Å². The first-order valence-electron chi connectivity index (χ1n) is 10.3. The van der Waals surface area contributed by atoms with Gasteiger partial charge in [0.25, 0.3) is 5.91 Å². The summed E-state index contributed by atoms with van der Waals surface area (Å²) in [6.45, 7) is 5.03. The molecule has 1 aliphatic heterocycles. The van der Waals surface area contributed by atoms with Crippen LogP contribution in [0.2, 0.25) is 0 Å². The van der Waals surface area contributed by atoms with Crippen LogP contribution in [0.5, 0.6) is 5.75 Å². The molecular formula is C24H27N3O3S. The standard InChI is InChI=1S/C24H27N3O3S/c1-16-11-18(12-17(2)24(16)29-4)14-26(3)15-23(28)27-20(22-8-6-10-31-22)13-19(25-27)21-7-5-9-30-21/h5-12,20H,13-15H2,1-4H3. The van der Waals surface area contributed by atoms with Crippen molar-refractivity contribution in [3.63, 3.8) is 0 Å². The van der Waals surface area contributed by atoms with Gasteiger partial charge in [0.05, 0.1) is 26.0 Å². The number of rotatable bonds is 7. The molecule has 3 heterocycles. The Morgan fingerprint density at radius 2 is 2.06 bits per heavy atom. The van der Waals surface area contributed by atoms with Crippen LogP contribution in [0.25, 0.3) is 0 Å². The van der Waals surface area contributed by atoms with Crippen molar-refractivity contribution in [1.29, 1.82) is 0 Å². The van der Waals surface area contributed by atoms with E-state index in [1.54, 1.807) is 29.7 Å². The summed E-state index contributed by atoms with van der Waals surface area (Å²) in [6, 6.07) is 11.9. The monoisotopic (exact) mass is 437 g/mol. The van der Waals surface area contributed by atoms with E-state index in [4.69, 9.17) is 9.15 Å². The van der Waals surface area contributed by atoms with Crippen molar-refractivity contribution in [2.24, 2.45) is 5.10 Å². The highest BCUT2D eigenvalue weighted by atomic mass is 32.1. The molecule has 1 amide bonds. The van der Waals surface area contributed by atoms with E-state index in [1.165, 1.54) is 0 Å². The second kappa shape index (κ2) is 9.08. The van der Waals surface area contributed by atoms with E-state index < -0.39 is 0 Å². The fourth-order valence-corrected chi connectivity index (χ4v) is 4.97. The zero-order chi connectivity index (χ0) is 22.0. The SMILES string of the molecule is COc1c(C)cc(CN(C)CC(=O)N2N=C(c3ccco3)CC2c2cccs2)cc1C. The summed E-state index contributed by atoms with van der Waals surface area (Å²) in [5.74, 6) is 1.61. The van der Waals surface area contributed by atoms with E-state index in [0.29, 0.717) is 13.0 Å². The molecule has 3 aromatic rings. The first kappa shape index (κ1) is 21.3. The van der Waals surface area contributed by atoms with Gasteiger partial charge in [-0.05, 0) is 61.2 Å². The van der Waals surface area contributed by atoms with Gasteiger partial charge in [-0.3, -0.25) is 9.69 Å². The third-order valence-corrected chi connectivity index (χ3v) is 6.40. The van der Waals surface area contributed by atoms with E-state index >= 15 is 0 Å². The predicted molar refractivity (Wildman–Crippen MR) is 123 cm³/mol. The minimum absolute atomic E-state index is 0.0237. The summed E-state index contributed by atoms with van der Waals surface area (Å²) in [5, 5.41) is 8.31. The number of methoxy groups -OCH3 is 1. The summed E-state index contributed by atoms with van der Waals surface area (Å²) < 4.78 is 11.0. The van der Waals surface area contributed by atoms with E-state index in [0.717, 1.165) is 38.8 Å². The topological polar surface area (TPSA) is 58.3 Å². The van der Waals surface area contributed by atoms with Gasteiger partial charge in [-0.25, -0.2) is 5.01 Å². The fraction of sp³-hybridized carbons (Fsp3) is 0.333. The van der Waals surface area contributed by atoms with Crippen LogP contribution in [0, 0.1) is 13.8 Å². The van der Waals surface area contributed by atoms with Crippen LogP contribution in [-0.2, 0) is 11.3 Å². The molecule has 0 bridgehead atoms. The molecule has 4 rings (SSSR count). The van der Waals surface area contributed by atoms with Crippen molar-refractivity contribution >= 4 is 23.0 Å². The number of likely N-dealkylation sites (N-methyl/N-ethyl adjacent to an activating group) is 1. The second-order valence-corrected chi connectivity index (χ2v) is 8.91. The lowest BCUT2D eigenvalue weighted by Gasteiger charge is -2.24. The second-order valence-electron chi connectivity index (χ2n) is 7.93. The van der Waals surface area contributed by atoms with Crippen LogP contribution >= 0.6 is 11.3 Å². The molecule has 0 N–H and O–H groups in total. The van der Waals surface area contributed by atoms with E-state index in [1.807, 2.05) is 49.4 Å². The summed E-state index contributed by atoms with van der Waals surface area (Å²) in [4.78, 5) is 16.4. The zero-order valence-corrected chi connectivity index (χ0v) is 19.1. The van der Waals surface area contributed by atoms with Gasteiger partial charge in [-0.2, -0.15) is 5.10 Å². The molecule has 162 valence electrons. The van der Waals surface area contributed by atoms with Crippen LogP contribution in [0.4, 0.5) is 0 Å². The highest BCUT2D eigenvalue weighted by Crippen LogP contribution is 2.35. The maximum Gasteiger partial charge on any atom is 0.257 e. The third-order valence-electron chi connectivity index (χ3n) is 5.43. The molecule has 0 saturated carbocycles. The quantitative estimate of drug-likeness (QED) is 0.534. The smallest absolute Gasteiger partial charge is 0.257 e. The first-order valence-corrected chi connectivity index (χ1v) is 11.1. The number of hydrazone groups is 1. The lowest BCUT2D eigenvalue weighted by molar-refractivity contribution is -0.134. The van der Waals surface area contributed by atoms with Crippen molar-refractivity contribution < 1.29 is 13.9 Å². The van der Waals surface area contributed by atoms with Crippen LogP contribution in [0.1, 0.15) is 39.8 Å². The van der Waals surface area contributed by atoms with Crippen LogP contribution in [-0.4, -0.2) is 42.2 Å². The minimum Gasteiger partial charge on any atom is -0.496 e. The largest absolute Gasteiger partial charge is 0.496 e. The number of hydrogen-bond acceptors (Lipinski definition) is 6. The van der Waals surface area contributed by atoms with Gasteiger partial charge in [-0.15, -0.1) is 11.3 Å². The molecule has 2 aromatic heterocycles. The number of carbonyl (C=O) groups is 1. The number of hydrogen-bond donors (Lipinski definition) is 0. The number of thiophene rings is 1. The van der Waals surface area contributed by atoms with Crippen molar-refractivity contribution in [3.05, 3.63) is 75.4 Å². The molecular weight excluding hydrogens is 410 g/mol. The lowest BCUT2D eigenvalue weighted by Crippen LogP contribution is -2.36. The van der Waals surface area contributed by atoms with Crippen LogP contribution < -0.4 is 4.74 Å². The summed E-state index contributed by atoms with van der Waals surface area (Å²) in [5.41, 5.74) is 4.16. The zero-order valence-electron chi connectivity index (χ0n) is 18.3. The molecule has 0 saturated heterocycles. The molecule has 0 spiro atoms. The van der Waals surface area contributed by atoms with Gasteiger partial charge in [0.2, 0.25) is 0 Å². The van der Waals surface area contributed by atoms with Gasteiger partial charge in [0.1, 0.15) is 17.2 Å². The Hall–Kier alpha value is -2.90. The number of carbonyl (C=O) groups excluding carboxylic acids is 1. The summed E-state index contributed by atoms with van der Waals surface area (Å²) in [6.07, 6.45) is 2.29. The van der Waals surface area contributed by atoms with Gasteiger partial charge >= 0.3 is 0 Å². The predicted octanol–water partition coefficient (Wildman–Crippen LogP) is 4.78. The van der Waals surface area contributed by atoms with E-state index in [-0.39, 0.29) is 18.5 Å². The number of amides is 1. The Bertz CT molecular complexity index is 1050. The number of furan rings is 1. The molecule has 7 heteroatoms. The van der Waals surface area contributed by atoms with Gasteiger partial charge in [0.15, 0.2) is 0 Å². The third kappa shape index (κ3) is 4.57. The molecule has 0 fully saturated rings. The van der Waals surface area contributed by atoms with Crippen molar-refractivity contribution in [3.8, 4) is 5.75 Å². The van der Waals surface area contributed by atoms with Gasteiger partial charge in [-0.1, -0.05) is 18.2 Å². The number of aryl methyl sites for hydroxylation is 2. The Kier molecular flexibility index (Phi) is 6.25. The summed E-state index contributed by atoms with van der Waals surface area (Å²) in [7, 11) is 3.65. The molecule has 1 aromatic carbocycles. The lowest BCUT2D eigenvalue weighted by atomic mass is 10.1. The van der Waals surface area contributed by atoms with E-state index in [2.05, 4.69) is 23.3 Å². The molecule has 0 radical (unpaired) electrons. The Labute approximate surface area is 186 Å². The molecule has 1 aliphatic rings. The Morgan fingerprint density at radius 3 is 2.68 bits per heavy atom. The average Bonchev–Trinajstić information content (AvgIpc) is 3.47. The maximum absolute atomic E-state index is 13.2. The molecule has 1 atom stereocenters. The molecule has 0 aliphatic carbocycles. The van der Waals surface area contributed by atoms with Crippen molar-refractivity contribution in [1.82, 2.24) is 9.91 Å². The van der Waals surface area contributed by atoms with Crippen LogP contribution in [0.3, 0.4) is 0 Å². The first-order chi connectivity index (χ1) is 15.0. The average molecular weight is 438 g/mol. The highest BCUT2D eigenvalue weighted by Gasteiger charge is 2.34. The normalized spacial score (nSPS) is 16.1. The molecule has 31 heavy (non-hydrogen) atoms. The molecule has 1 unspecified atom stereocenters.